The zero-order valence-corrected chi connectivity index (χ0v) is 14.7. The normalized spacial score (nSPS) is 18.3. The number of fused-ring (bicyclic) bond motifs is 1. The van der Waals surface area contributed by atoms with Gasteiger partial charge in [-0.15, -0.1) is 0 Å². The fraction of sp³-hybridized carbons (Fsp3) is 0.389. The van der Waals surface area contributed by atoms with Crippen LogP contribution in [0.5, 0.6) is 0 Å². The van der Waals surface area contributed by atoms with Gasteiger partial charge in [0, 0.05) is 51.0 Å². The third-order valence-corrected chi connectivity index (χ3v) is 4.65. The third kappa shape index (κ3) is 3.61. The van der Waals surface area contributed by atoms with Crippen molar-refractivity contribution in [3.05, 3.63) is 52.7 Å². The molecule has 3 aromatic rings. The highest BCUT2D eigenvalue weighted by Crippen LogP contribution is 2.16. The molecule has 0 saturated carbocycles. The Morgan fingerprint density at radius 1 is 1.42 bits per heavy atom. The molecule has 1 aliphatic rings. The van der Waals surface area contributed by atoms with E-state index < -0.39 is 0 Å². The molecule has 1 saturated heterocycles. The molecule has 2 N–H and O–H groups in total. The smallest absolute Gasteiger partial charge is 0.293 e. The summed E-state index contributed by atoms with van der Waals surface area (Å²) in [7, 11) is 1.71. The van der Waals surface area contributed by atoms with Gasteiger partial charge in [0.15, 0.2) is 5.82 Å². The number of H-pyrrole nitrogens is 1. The molecule has 1 atom stereocenters. The minimum Gasteiger partial charge on any atom is -0.374 e. The number of ether oxygens (including phenoxy) is 1. The van der Waals surface area contributed by atoms with Gasteiger partial charge in [0.1, 0.15) is 0 Å². The summed E-state index contributed by atoms with van der Waals surface area (Å²) in [6, 6.07) is 6.37. The summed E-state index contributed by atoms with van der Waals surface area (Å²) in [6.07, 6.45) is 5.11. The fourth-order valence-electron chi connectivity index (χ4n) is 3.22. The molecule has 4 rings (SSSR count). The van der Waals surface area contributed by atoms with Crippen molar-refractivity contribution in [3.63, 3.8) is 0 Å². The maximum atomic E-state index is 12.0. The van der Waals surface area contributed by atoms with Crippen molar-refractivity contribution in [2.45, 2.75) is 12.6 Å². The summed E-state index contributed by atoms with van der Waals surface area (Å²) in [5.41, 5.74) is 2.17. The fourth-order valence-corrected chi connectivity index (χ4v) is 3.22. The first-order valence-electron chi connectivity index (χ1n) is 8.70. The average Bonchev–Trinajstić information content (AvgIpc) is 3.11. The van der Waals surface area contributed by atoms with Crippen molar-refractivity contribution in [1.82, 2.24) is 24.6 Å². The number of benzene rings is 1. The second-order valence-electron chi connectivity index (χ2n) is 6.59. The summed E-state index contributed by atoms with van der Waals surface area (Å²) in [4.78, 5) is 18.5. The van der Waals surface area contributed by atoms with Crippen LogP contribution >= 0.6 is 0 Å². The second kappa shape index (κ2) is 7.27. The van der Waals surface area contributed by atoms with E-state index in [2.05, 4.69) is 43.6 Å². The monoisotopic (exact) mass is 354 g/mol. The Hall–Kier alpha value is -2.71. The van der Waals surface area contributed by atoms with Crippen LogP contribution in [0.4, 0.5) is 5.82 Å². The lowest BCUT2D eigenvalue weighted by molar-refractivity contribution is -0.0240. The summed E-state index contributed by atoms with van der Waals surface area (Å²) in [6.45, 7) is 3.80. The van der Waals surface area contributed by atoms with Gasteiger partial charge in [-0.05, 0) is 11.6 Å². The van der Waals surface area contributed by atoms with Crippen molar-refractivity contribution in [2.24, 2.45) is 7.05 Å². The van der Waals surface area contributed by atoms with Crippen molar-refractivity contribution in [3.8, 4) is 0 Å². The lowest BCUT2D eigenvalue weighted by Gasteiger charge is -2.33. The minimum absolute atomic E-state index is 0.0198. The van der Waals surface area contributed by atoms with E-state index in [9.17, 15) is 4.79 Å². The topological polar surface area (TPSA) is 88.1 Å². The SMILES string of the molecule is Cn1ccnc(NC[C@H]2CN(Cc3ccc4cn[nH]c4c3)CCO2)c1=O. The lowest BCUT2D eigenvalue weighted by atomic mass is 10.1. The number of nitrogens with one attached hydrogen (secondary N) is 2. The predicted molar refractivity (Wildman–Crippen MR) is 99.1 cm³/mol. The Labute approximate surface area is 150 Å². The number of anilines is 1. The molecular formula is C18H22N6O2. The Morgan fingerprint density at radius 3 is 3.27 bits per heavy atom. The van der Waals surface area contributed by atoms with Crippen LogP contribution in [0.15, 0.2) is 41.6 Å². The van der Waals surface area contributed by atoms with E-state index in [-0.39, 0.29) is 11.7 Å². The molecule has 0 unspecified atom stereocenters. The van der Waals surface area contributed by atoms with Crippen LogP contribution in [0.3, 0.4) is 0 Å². The third-order valence-electron chi connectivity index (χ3n) is 4.65. The molecule has 1 aliphatic heterocycles. The molecular weight excluding hydrogens is 332 g/mol. The summed E-state index contributed by atoms with van der Waals surface area (Å²) < 4.78 is 7.35. The van der Waals surface area contributed by atoms with Gasteiger partial charge in [-0.3, -0.25) is 14.8 Å². The van der Waals surface area contributed by atoms with Gasteiger partial charge in [0.05, 0.1) is 24.4 Å². The highest BCUT2D eigenvalue weighted by molar-refractivity contribution is 5.78. The Bertz CT molecular complexity index is 950. The zero-order chi connectivity index (χ0) is 17.9. The molecule has 0 aliphatic carbocycles. The van der Waals surface area contributed by atoms with Crippen LogP contribution < -0.4 is 10.9 Å². The van der Waals surface area contributed by atoms with Crippen LogP contribution in [0.1, 0.15) is 5.56 Å². The Balaban J connectivity index is 1.36. The van der Waals surface area contributed by atoms with Crippen molar-refractivity contribution in [1.29, 1.82) is 0 Å². The van der Waals surface area contributed by atoms with E-state index in [1.807, 2.05) is 6.20 Å². The van der Waals surface area contributed by atoms with Gasteiger partial charge in [-0.1, -0.05) is 12.1 Å². The van der Waals surface area contributed by atoms with Crippen LogP contribution in [0, 0.1) is 0 Å². The molecule has 1 aromatic carbocycles. The number of morpholine rings is 1. The van der Waals surface area contributed by atoms with Crippen LogP contribution in [-0.2, 0) is 18.3 Å². The summed E-state index contributed by atoms with van der Waals surface area (Å²) in [5, 5.41) is 11.3. The van der Waals surface area contributed by atoms with Crippen molar-refractivity contribution >= 4 is 16.7 Å². The predicted octanol–water partition coefficient (Wildman–Crippen LogP) is 0.969. The first-order valence-corrected chi connectivity index (χ1v) is 8.70. The summed E-state index contributed by atoms with van der Waals surface area (Å²) in [5.74, 6) is 0.362. The number of aromatic amines is 1. The molecule has 1 fully saturated rings. The van der Waals surface area contributed by atoms with E-state index in [0.29, 0.717) is 19.0 Å². The molecule has 26 heavy (non-hydrogen) atoms. The number of aromatic nitrogens is 4. The number of hydrogen-bond acceptors (Lipinski definition) is 6. The summed E-state index contributed by atoms with van der Waals surface area (Å²) >= 11 is 0. The van der Waals surface area contributed by atoms with E-state index in [1.54, 1.807) is 19.4 Å². The molecule has 0 spiro atoms. The van der Waals surface area contributed by atoms with Gasteiger partial charge in [-0.25, -0.2) is 4.98 Å². The maximum absolute atomic E-state index is 12.0. The molecule has 0 amide bonds. The van der Waals surface area contributed by atoms with Gasteiger partial charge in [-0.2, -0.15) is 5.10 Å². The number of hydrogen-bond donors (Lipinski definition) is 2. The van der Waals surface area contributed by atoms with Crippen LogP contribution in [0.2, 0.25) is 0 Å². The van der Waals surface area contributed by atoms with Gasteiger partial charge in [0.2, 0.25) is 0 Å². The number of aryl methyl sites for hydroxylation is 1. The largest absolute Gasteiger partial charge is 0.374 e. The quantitative estimate of drug-likeness (QED) is 0.710. The van der Waals surface area contributed by atoms with E-state index in [4.69, 9.17) is 4.74 Å². The van der Waals surface area contributed by atoms with Gasteiger partial charge >= 0.3 is 0 Å². The van der Waals surface area contributed by atoms with E-state index in [1.165, 1.54) is 10.1 Å². The molecule has 8 heteroatoms. The minimum atomic E-state index is -0.131. The standard InChI is InChI=1S/C18H22N6O2/c1-23-5-4-19-17(18(23)25)20-10-15-12-24(6-7-26-15)11-13-2-3-14-9-21-22-16(14)8-13/h2-5,8-9,15H,6-7,10-12H2,1H3,(H,19,20)(H,21,22)/t15-/m0/s1. The van der Waals surface area contributed by atoms with Crippen LogP contribution in [-0.4, -0.2) is 57.0 Å². The number of rotatable bonds is 5. The average molecular weight is 354 g/mol. The van der Waals surface area contributed by atoms with E-state index >= 15 is 0 Å². The maximum Gasteiger partial charge on any atom is 0.293 e. The van der Waals surface area contributed by atoms with Gasteiger partial charge < -0.3 is 14.6 Å². The Kier molecular flexibility index (Phi) is 4.68. The molecule has 3 heterocycles. The van der Waals surface area contributed by atoms with E-state index in [0.717, 1.165) is 30.5 Å². The van der Waals surface area contributed by atoms with Crippen LogP contribution in [0.25, 0.3) is 10.9 Å². The van der Waals surface area contributed by atoms with Crippen molar-refractivity contribution in [2.75, 3.05) is 31.6 Å². The highest BCUT2D eigenvalue weighted by atomic mass is 16.5. The molecule has 136 valence electrons. The molecule has 2 aromatic heterocycles. The lowest BCUT2D eigenvalue weighted by Crippen LogP contribution is -2.45. The zero-order valence-electron chi connectivity index (χ0n) is 14.7. The highest BCUT2D eigenvalue weighted by Gasteiger charge is 2.21. The molecule has 0 radical (unpaired) electrons. The molecule has 8 nitrogen and oxygen atoms in total. The van der Waals surface area contributed by atoms with Gasteiger partial charge in [0.25, 0.3) is 5.56 Å². The first kappa shape index (κ1) is 16.7. The Morgan fingerprint density at radius 2 is 2.35 bits per heavy atom. The van der Waals surface area contributed by atoms with Crippen molar-refractivity contribution < 1.29 is 4.74 Å². The first-order chi connectivity index (χ1) is 12.7. The molecule has 0 bridgehead atoms. The second-order valence-corrected chi connectivity index (χ2v) is 6.59. The number of nitrogens with zero attached hydrogens (tertiary/aromatic N) is 4.